The van der Waals surface area contributed by atoms with Crippen LogP contribution in [0.15, 0.2) is 54.6 Å². The van der Waals surface area contributed by atoms with Crippen molar-refractivity contribution < 1.29 is 9.18 Å². The van der Waals surface area contributed by atoms with Crippen molar-refractivity contribution in [1.82, 2.24) is 9.78 Å². The van der Waals surface area contributed by atoms with Gasteiger partial charge in [0.05, 0.1) is 18.3 Å². The second-order valence-electron chi connectivity index (χ2n) is 6.88. The Morgan fingerprint density at radius 2 is 1.93 bits per heavy atom. The molecule has 138 valence electrons. The highest BCUT2D eigenvalue weighted by molar-refractivity contribution is 6.05. The second kappa shape index (κ2) is 6.87. The first kappa shape index (κ1) is 17.3. The number of nitrogens with one attached hydrogen (secondary N) is 1. The molecular formula is C21H21FN4O. The summed E-state index contributed by atoms with van der Waals surface area (Å²) in [5, 5.41) is 7.99. The SMILES string of the molecule is Cc1ccccc1NCc1cc2n(n1)C(C)CN(c1ccc(F)cc1)C2=O. The number of aromatic nitrogens is 2. The lowest BCUT2D eigenvalue weighted by molar-refractivity contribution is 0.0953. The van der Waals surface area contributed by atoms with Crippen molar-refractivity contribution in [3.8, 4) is 0 Å². The second-order valence-corrected chi connectivity index (χ2v) is 6.88. The van der Waals surface area contributed by atoms with Crippen molar-refractivity contribution in [1.29, 1.82) is 0 Å². The van der Waals surface area contributed by atoms with E-state index in [2.05, 4.69) is 10.4 Å². The maximum Gasteiger partial charge on any atom is 0.276 e. The number of hydrogen-bond acceptors (Lipinski definition) is 3. The van der Waals surface area contributed by atoms with E-state index in [1.165, 1.54) is 12.1 Å². The van der Waals surface area contributed by atoms with Crippen LogP contribution in [-0.4, -0.2) is 22.2 Å². The molecule has 1 aliphatic rings. The van der Waals surface area contributed by atoms with Crippen LogP contribution in [0.1, 0.15) is 34.7 Å². The highest BCUT2D eigenvalue weighted by Crippen LogP contribution is 2.27. The summed E-state index contributed by atoms with van der Waals surface area (Å²) in [5.74, 6) is -0.430. The summed E-state index contributed by atoms with van der Waals surface area (Å²) in [6.07, 6.45) is 0. The fraction of sp³-hybridized carbons (Fsp3) is 0.238. The van der Waals surface area contributed by atoms with E-state index in [1.807, 2.05) is 44.2 Å². The van der Waals surface area contributed by atoms with Gasteiger partial charge in [0.15, 0.2) is 0 Å². The lowest BCUT2D eigenvalue weighted by Crippen LogP contribution is -2.42. The zero-order valence-corrected chi connectivity index (χ0v) is 15.3. The molecule has 27 heavy (non-hydrogen) atoms. The van der Waals surface area contributed by atoms with Crippen LogP contribution in [0.2, 0.25) is 0 Å². The minimum absolute atomic E-state index is 0.0370. The molecule has 0 saturated heterocycles. The molecule has 0 saturated carbocycles. The zero-order chi connectivity index (χ0) is 19.0. The Kier molecular flexibility index (Phi) is 4.39. The van der Waals surface area contributed by atoms with Crippen molar-refractivity contribution in [2.45, 2.75) is 26.4 Å². The highest BCUT2D eigenvalue weighted by Gasteiger charge is 2.31. The molecular weight excluding hydrogens is 343 g/mol. The van der Waals surface area contributed by atoms with E-state index < -0.39 is 0 Å². The fourth-order valence-electron chi connectivity index (χ4n) is 3.39. The largest absolute Gasteiger partial charge is 0.379 e. The smallest absolute Gasteiger partial charge is 0.276 e. The Morgan fingerprint density at radius 1 is 1.19 bits per heavy atom. The standard InChI is InChI=1S/C21H21FN4O/c1-14-5-3-4-6-19(14)23-12-17-11-20-21(27)25(13-15(2)26(20)24-17)18-9-7-16(22)8-10-18/h3-11,15,23H,12-13H2,1-2H3. The van der Waals surface area contributed by atoms with Crippen LogP contribution >= 0.6 is 0 Å². The lowest BCUT2D eigenvalue weighted by atomic mass is 10.1. The van der Waals surface area contributed by atoms with Crippen molar-refractivity contribution in [2.75, 3.05) is 16.8 Å². The summed E-state index contributed by atoms with van der Waals surface area (Å²) in [5.41, 5.74) is 4.28. The van der Waals surface area contributed by atoms with E-state index in [9.17, 15) is 9.18 Å². The van der Waals surface area contributed by atoms with Gasteiger partial charge < -0.3 is 10.2 Å². The number of rotatable bonds is 4. The number of fused-ring (bicyclic) bond motifs is 1. The first-order chi connectivity index (χ1) is 13.0. The first-order valence-corrected chi connectivity index (χ1v) is 8.98. The lowest BCUT2D eigenvalue weighted by Gasteiger charge is -2.31. The number of carbonyl (C=O) groups is 1. The first-order valence-electron chi connectivity index (χ1n) is 8.98. The van der Waals surface area contributed by atoms with Gasteiger partial charge in [0.2, 0.25) is 0 Å². The molecule has 1 aliphatic heterocycles. The molecule has 0 aliphatic carbocycles. The number of anilines is 2. The van der Waals surface area contributed by atoms with E-state index in [4.69, 9.17) is 0 Å². The molecule has 0 bridgehead atoms. The van der Waals surface area contributed by atoms with Crippen molar-refractivity contribution in [2.24, 2.45) is 0 Å². The van der Waals surface area contributed by atoms with Crippen molar-refractivity contribution in [3.05, 3.63) is 77.4 Å². The van der Waals surface area contributed by atoms with E-state index in [0.717, 1.165) is 16.9 Å². The third-order valence-corrected chi connectivity index (χ3v) is 4.86. The molecule has 1 unspecified atom stereocenters. The van der Waals surface area contributed by atoms with Crippen LogP contribution in [0.4, 0.5) is 15.8 Å². The number of nitrogens with zero attached hydrogens (tertiary/aromatic N) is 3. The van der Waals surface area contributed by atoms with E-state index >= 15 is 0 Å². The normalized spacial score (nSPS) is 16.3. The number of carbonyl (C=O) groups excluding carboxylic acids is 1. The number of aryl methyl sites for hydroxylation is 1. The minimum atomic E-state index is -0.314. The topological polar surface area (TPSA) is 50.2 Å². The molecule has 2 heterocycles. The number of halogens is 1. The predicted molar refractivity (Wildman–Crippen MR) is 104 cm³/mol. The fourth-order valence-corrected chi connectivity index (χ4v) is 3.39. The predicted octanol–water partition coefficient (Wildman–Crippen LogP) is 4.16. The zero-order valence-electron chi connectivity index (χ0n) is 15.3. The molecule has 4 rings (SSSR count). The summed E-state index contributed by atoms with van der Waals surface area (Å²) in [6.45, 7) is 5.12. The molecule has 0 fully saturated rings. The van der Waals surface area contributed by atoms with Gasteiger partial charge in [0.25, 0.3) is 5.91 Å². The summed E-state index contributed by atoms with van der Waals surface area (Å²) in [4.78, 5) is 14.6. The molecule has 5 nitrogen and oxygen atoms in total. The maximum atomic E-state index is 13.2. The Morgan fingerprint density at radius 3 is 2.67 bits per heavy atom. The van der Waals surface area contributed by atoms with Crippen LogP contribution in [0.3, 0.4) is 0 Å². The Hall–Kier alpha value is -3.15. The van der Waals surface area contributed by atoms with Gasteiger partial charge in [-0.2, -0.15) is 5.10 Å². The molecule has 3 aromatic rings. The van der Waals surface area contributed by atoms with Crippen molar-refractivity contribution in [3.63, 3.8) is 0 Å². The molecule has 1 aromatic heterocycles. The van der Waals surface area contributed by atoms with E-state index in [-0.39, 0.29) is 17.8 Å². The molecule has 2 aromatic carbocycles. The van der Waals surface area contributed by atoms with E-state index in [1.54, 1.807) is 21.7 Å². The third kappa shape index (κ3) is 3.30. The summed E-state index contributed by atoms with van der Waals surface area (Å²) < 4.78 is 15.0. The molecule has 1 N–H and O–H groups in total. The summed E-state index contributed by atoms with van der Waals surface area (Å²) in [6, 6.07) is 15.9. The van der Waals surface area contributed by atoms with Gasteiger partial charge in [0.1, 0.15) is 11.5 Å². The molecule has 6 heteroatoms. The molecule has 1 amide bonds. The van der Waals surface area contributed by atoms with Gasteiger partial charge in [-0.3, -0.25) is 9.48 Å². The Labute approximate surface area is 157 Å². The van der Waals surface area contributed by atoms with Crippen LogP contribution < -0.4 is 10.2 Å². The molecule has 1 atom stereocenters. The van der Waals surface area contributed by atoms with Gasteiger partial charge >= 0.3 is 0 Å². The van der Waals surface area contributed by atoms with E-state index in [0.29, 0.717) is 24.5 Å². The number of amides is 1. The Balaban J connectivity index is 1.56. The van der Waals surface area contributed by atoms with Gasteiger partial charge in [-0.05, 0) is 55.8 Å². The third-order valence-electron chi connectivity index (χ3n) is 4.86. The van der Waals surface area contributed by atoms with Gasteiger partial charge in [-0.25, -0.2) is 4.39 Å². The van der Waals surface area contributed by atoms with Gasteiger partial charge in [-0.1, -0.05) is 18.2 Å². The average molecular weight is 364 g/mol. The maximum absolute atomic E-state index is 13.2. The quantitative estimate of drug-likeness (QED) is 0.756. The monoisotopic (exact) mass is 364 g/mol. The van der Waals surface area contributed by atoms with Crippen LogP contribution in [0, 0.1) is 12.7 Å². The number of hydrogen-bond donors (Lipinski definition) is 1. The van der Waals surface area contributed by atoms with Gasteiger partial charge in [-0.15, -0.1) is 0 Å². The van der Waals surface area contributed by atoms with Crippen molar-refractivity contribution >= 4 is 17.3 Å². The Bertz CT molecular complexity index is 980. The summed E-state index contributed by atoms with van der Waals surface area (Å²) in [7, 11) is 0. The average Bonchev–Trinajstić information content (AvgIpc) is 3.10. The van der Waals surface area contributed by atoms with Crippen LogP contribution in [-0.2, 0) is 6.54 Å². The van der Waals surface area contributed by atoms with Gasteiger partial charge in [0, 0.05) is 17.9 Å². The number of benzene rings is 2. The highest BCUT2D eigenvalue weighted by atomic mass is 19.1. The molecule has 0 spiro atoms. The van der Waals surface area contributed by atoms with Crippen LogP contribution in [0.5, 0.6) is 0 Å². The molecule has 0 radical (unpaired) electrons. The minimum Gasteiger partial charge on any atom is -0.379 e. The number of para-hydroxylation sites is 1. The summed E-state index contributed by atoms with van der Waals surface area (Å²) >= 11 is 0. The van der Waals surface area contributed by atoms with Crippen LogP contribution in [0.25, 0.3) is 0 Å².